The van der Waals surface area contributed by atoms with Crippen molar-refractivity contribution in [2.45, 2.75) is 11.8 Å². The number of benzene rings is 3. The number of nitrogens with zero attached hydrogens (tertiary/aromatic N) is 2. The van der Waals surface area contributed by atoms with E-state index in [9.17, 15) is 13.2 Å². The van der Waals surface area contributed by atoms with Gasteiger partial charge in [0.1, 0.15) is 12.3 Å². The molecule has 0 spiro atoms. The average Bonchev–Trinajstić information content (AvgIpc) is 2.78. The molecule has 0 aliphatic rings. The summed E-state index contributed by atoms with van der Waals surface area (Å²) in [6.07, 6.45) is 1.45. The number of hydrogen-bond acceptors (Lipinski definition) is 5. The maximum Gasteiger partial charge on any atom is 0.264 e. The number of ether oxygens (including phenoxy) is 1. The summed E-state index contributed by atoms with van der Waals surface area (Å²) in [6, 6.07) is 19.8. The Hall–Kier alpha value is -3.36. The molecule has 0 aliphatic carbocycles. The standard InChI is InChI=1S/C23H22ClN3O4S/c1-17-6-12-22(13-7-17)32(29,30)27(20-5-3-4-19(24)14-20)16-23(28)26-25-15-18-8-10-21(31-2)11-9-18/h3-15H,16H2,1-2H3,(H,26,28)/b25-15-. The van der Waals surface area contributed by atoms with Crippen LogP contribution in [0.1, 0.15) is 11.1 Å². The van der Waals surface area contributed by atoms with E-state index in [1.54, 1.807) is 61.7 Å². The third kappa shape index (κ3) is 5.87. The molecule has 0 unspecified atom stereocenters. The number of rotatable bonds is 8. The normalized spacial score (nSPS) is 11.3. The molecule has 0 fully saturated rings. The predicted molar refractivity (Wildman–Crippen MR) is 126 cm³/mol. The van der Waals surface area contributed by atoms with Crippen LogP contribution in [0.4, 0.5) is 5.69 Å². The monoisotopic (exact) mass is 471 g/mol. The maximum atomic E-state index is 13.3. The number of methoxy groups -OCH3 is 1. The van der Waals surface area contributed by atoms with E-state index in [0.717, 1.165) is 15.4 Å². The second kappa shape index (κ2) is 10.3. The minimum Gasteiger partial charge on any atom is -0.497 e. The Kier molecular flexibility index (Phi) is 7.50. The largest absolute Gasteiger partial charge is 0.497 e. The molecule has 0 saturated carbocycles. The van der Waals surface area contributed by atoms with E-state index in [0.29, 0.717) is 10.8 Å². The van der Waals surface area contributed by atoms with Crippen LogP contribution < -0.4 is 14.5 Å². The van der Waals surface area contributed by atoms with Crippen LogP contribution in [0.5, 0.6) is 5.75 Å². The smallest absolute Gasteiger partial charge is 0.264 e. The zero-order valence-corrected chi connectivity index (χ0v) is 19.1. The molecule has 9 heteroatoms. The highest BCUT2D eigenvalue weighted by atomic mass is 35.5. The molecule has 0 heterocycles. The number of carbonyl (C=O) groups is 1. The van der Waals surface area contributed by atoms with E-state index in [1.807, 2.05) is 6.92 Å². The second-order valence-corrected chi connectivity index (χ2v) is 9.17. The first kappa shape index (κ1) is 23.3. The molecule has 1 N–H and O–H groups in total. The lowest BCUT2D eigenvalue weighted by molar-refractivity contribution is -0.119. The Balaban J connectivity index is 1.81. The third-order valence-electron chi connectivity index (χ3n) is 4.51. The van der Waals surface area contributed by atoms with Gasteiger partial charge in [-0.2, -0.15) is 5.10 Å². The fourth-order valence-electron chi connectivity index (χ4n) is 2.82. The fraction of sp³-hybridized carbons (Fsp3) is 0.130. The molecule has 0 aliphatic heterocycles. The van der Waals surface area contributed by atoms with E-state index in [2.05, 4.69) is 10.5 Å². The molecule has 0 saturated heterocycles. The van der Waals surface area contributed by atoms with Gasteiger partial charge in [-0.15, -0.1) is 0 Å². The van der Waals surface area contributed by atoms with Crippen molar-refractivity contribution in [2.24, 2.45) is 5.10 Å². The average molecular weight is 472 g/mol. The SMILES string of the molecule is COc1ccc(/C=N\NC(=O)CN(c2cccc(Cl)c2)S(=O)(=O)c2ccc(C)cc2)cc1. The van der Waals surface area contributed by atoms with Crippen molar-refractivity contribution in [3.63, 3.8) is 0 Å². The van der Waals surface area contributed by atoms with Crippen molar-refractivity contribution < 1.29 is 17.9 Å². The predicted octanol–water partition coefficient (Wildman–Crippen LogP) is 4.00. The van der Waals surface area contributed by atoms with E-state index in [1.165, 1.54) is 24.4 Å². The number of halogens is 1. The summed E-state index contributed by atoms with van der Waals surface area (Å²) in [7, 11) is -2.45. The summed E-state index contributed by atoms with van der Waals surface area (Å²) in [5, 5.41) is 4.27. The number of hydrogen-bond donors (Lipinski definition) is 1. The summed E-state index contributed by atoms with van der Waals surface area (Å²) in [5.41, 5.74) is 4.30. The van der Waals surface area contributed by atoms with Crippen molar-refractivity contribution in [1.82, 2.24) is 5.43 Å². The molecule has 1 amide bonds. The van der Waals surface area contributed by atoms with E-state index in [4.69, 9.17) is 16.3 Å². The topological polar surface area (TPSA) is 88.1 Å². The first-order valence-corrected chi connectivity index (χ1v) is 11.4. The molecule has 3 aromatic rings. The van der Waals surface area contributed by atoms with Crippen LogP contribution in [-0.2, 0) is 14.8 Å². The lowest BCUT2D eigenvalue weighted by Crippen LogP contribution is -2.39. The van der Waals surface area contributed by atoms with Gasteiger partial charge >= 0.3 is 0 Å². The van der Waals surface area contributed by atoms with Gasteiger partial charge in [0.25, 0.3) is 15.9 Å². The zero-order valence-electron chi connectivity index (χ0n) is 17.5. The van der Waals surface area contributed by atoms with Crippen molar-refractivity contribution in [3.05, 3.63) is 88.9 Å². The van der Waals surface area contributed by atoms with Gasteiger partial charge in [0.05, 0.1) is 23.9 Å². The van der Waals surface area contributed by atoms with Crippen LogP contribution in [0, 0.1) is 6.92 Å². The molecule has 0 radical (unpaired) electrons. The molecule has 7 nitrogen and oxygen atoms in total. The summed E-state index contributed by atoms with van der Waals surface area (Å²) in [5.74, 6) is 0.0927. The highest BCUT2D eigenvalue weighted by Crippen LogP contribution is 2.26. The number of sulfonamides is 1. The number of aryl methyl sites for hydroxylation is 1. The number of amides is 1. The van der Waals surface area contributed by atoms with Crippen molar-refractivity contribution in [3.8, 4) is 5.75 Å². The van der Waals surface area contributed by atoms with Gasteiger partial charge in [0.15, 0.2) is 0 Å². The van der Waals surface area contributed by atoms with E-state index < -0.39 is 22.5 Å². The Morgan fingerprint density at radius 2 is 1.78 bits per heavy atom. The number of nitrogens with one attached hydrogen (secondary N) is 1. The number of carbonyl (C=O) groups excluding carboxylic acids is 1. The summed E-state index contributed by atoms with van der Waals surface area (Å²) in [6.45, 7) is 1.38. The van der Waals surface area contributed by atoms with Crippen LogP contribution in [0.15, 0.2) is 82.8 Å². The molecular formula is C23H22ClN3O4S. The van der Waals surface area contributed by atoms with Crippen LogP contribution in [0.2, 0.25) is 5.02 Å². The lowest BCUT2D eigenvalue weighted by atomic mass is 10.2. The summed E-state index contributed by atoms with van der Waals surface area (Å²) < 4.78 is 32.7. The highest BCUT2D eigenvalue weighted by Gasteiger charge is 2.27. The molecule has 0 bridgehead atoms. The van der Waals surface area contributed by atoms with Crippen molar-refractivity contribution in [1.29, 1.82) is 0 Å². The second-order valence-electron chi connectivity index (χ2n) is 6.87. The molecular weight excluding hydrogens is 450 g/mol. The Morgan fingerprint density at radius 3 is 2.41 bits per heavy atom. The minimum absolute atomic E-state index is 0.0672. The van der Waals surface area contributed by atoms with Gasteiger partial charge in [0, 0.05) is 5.02 Å². The molecule has 32 heavy (non-hydrogen) atoms. The van der Waals surface area contributed by atoms with Crippen LogP contribution in [0.3, 0.4) is 0 Å². The summed E-state index contributed by atoms with van der Waals surface area (Å²) in [4.78, 5) is 12.6. The van der Waals surface area contributed by atoms with Gasteiger partial charge in [0.2, 0.25) is 0 Å². The third-order valence-corrected chi connectivity index (χ3v) is 6.53. The van der Waals surface area contributed by atoms with Gasteiger partial charge in [-0.1, -0.05) is 35.4 Å². The zero-order chi connectivity index (χ0) is 23.1. The van der Waals surface area contributed by atoms with Crippen LogP contribution >= 0.6 is 11.6 Å². The number of anilines is 1. The Morgan fingerprint density at radius 1 is 1.09 bits per heavy atom. The molecule has 3 rings (SSSR count). The molecule has 166 valence electrons. The van der Waals surface area contributed by atoms with Gasteiger partial charge in [-0.3, -0.25) is 9.10 Å². The van der Waals surface area contributed by atoms with Gasteiger partial charge in [-0.25, -0.2) is 13.8 Å². The van der Waals surface area contributed by atoms with Crippen LogP contribution in [0.25, 0.3) is 0 Å². The van der Waals surface area contributed by atoms with Crippen molar-refractivity contribution in [2.75, 3.05) is 18.0 Å². The molecule has 0 aromatic heterocycles. The molecule has 0 atom stereocenters. The quantitative estimate of drug-likeness (QED) is 0.397. The first-order valence-electron chi connectivity index (χ1n) is 9.60. The van der Waals surface area contributed by atoms with E-state index >= 15 is 0 Å². The molecule has 3 aromatic carbocycles. The summed E-state index contributed by atoms with van der Waals surface area (Å²) >= 11 is 6.06. The minimum atomic E-state index is -4.02. The van der Waals surface area contributed by atoms with Crippen LogP contribution in [-0.4, -0.2) is 34.2 Å². The first-order chi connectivity index (χ1) is 15.3. The van der Waals surface area contributed by atoms with Gasteiger partial charge in [-0.05, 0) is 67.1 Å². The van der Waals surface area contributed by atoms with E-state index in [-0.39, 0.29) is 10.6 Å². The lowest BCUT2D eigenvalue weighted by Gasteiger charge is -2.24. The fourth-order valence-corrected chi connectivity index (χ4v) is 4.42. The van der Waals surface area contributed by atoms with Crippen molar-refractivity contribution >= 4 is 39.4 Å². The Bertz CT molecular complexity index is 1210. The maximum absolute atomic E-state index is 13.3. The highest BCUT2D eigenvalue weighted by molar-refractivity contribution is 7.92. The Labute approximate surface area is 192 Å². The van der Waals surface area contributed by atoms with Gasteiger partial charge < -0.3 is 4.74 Å². The number of hydrazone groups is 1.